The average Bonchev–Trinajstić information content (AvgIpc) is 2.36. The summed E-state index contributed by atoms with van der Waals surface area (Å²) in [4.78, 5) is 13.4. The van der Waals surface area contributed by atoms with Crippen molar-refractivity contribution in [3.05, 3.63) is 22.4 Å². The smallest absolute Gasteiger partial charge is 0.263 e. The van der Waals surface area contributed by atoms with Gasteiger partial charge in [-0.25, -0.2) is 0 Å². The second-order valence-electron chi connectivity index (χ2n) is 2.12. The van der Waals surface area contributed by atoms with Gasteiger partial charge in [-0.05, 0) is 12.1 Å². The lowest BCUT2D eigenvalue weighted by atomic mass is 10.4. The molecule has 0 aliphatic carbocycles. The van der Waals surface area contributed by atoms with Crippen LogP contribution in [-0.2, 0) is 0 Å². The van der Waals surface area contributed by atoms with Gasteiger partial charge in [0.25, 0.3) is 5.91 Å². The molecule has 0 aliphatic rings. The van der Waals surface area contributed by atoms with E-state index in [1.54, 1.807) is 31.1 Å². The lowest BCUT2D eigenvalue weighted by Gasteiger charge is -2.06. The van der Waals surface area contributed by atoms with Crippen LogP contribution in [0.1, 0.15) is 9.67 Å². The first-order valence-electron chi connectivity index (χ1n) is 2.89. The Morgan fingerprint density at radius 2 is 2.40 bits per heavy atom. The maximum absolute atomic E-state index is 11.1. The molecule has 1 rings (SSSR count). The average molecular weight is 154 g/mol. The fourth-order valence-electron chi connectivity index (χ4n) is 0.577. The molecule has 0 atom stereocenters. The Hall–Kier alpha value is -0.830. The fourth-order valence-corrected chi connectivity index (χ4v) is 1.25. The van der Waals surface area contributed by atoms with Crippen LogP contribution in [0.25, 0.3) is 0 Å². The second-order valence-corrected chi connectivity index (χ2v) is 3.00. The standard InChI is InChI=1S/C7H8NOS/c1-8(2)7(9)6-4-3-5-10-6/h3-4H,1-2H3. The van der Waals surface area contributed by atoms with Crippen molar-refractivity contribution in [1.29, 1.82) is 0 Å². The van der Waals surface area contributed by atoms with E-state index in [4.69, 9.17) is 0 Å². The van der Waals surface area contributed by atoms with Crippen LogP contribution in [-0.4, -0.2) is 24.9 Å². The van der Waals surface area contributed by atoms with Gasteiger partial charge in [-0.2, -0.15) is 0 Å². The van der Waals surface area contributed by atoms with Crippen molar-refractivity contribution in [3.8, 4) is 0 Å². The molecule has 0 fully saturated rings. The Morgan fingerprint density at radius 3 is 2.80 bits per heavy atom. The highest BCUT2D eigenvalue weighted by Gasteiger charge is 2.06. The van der Waals surface area contributed by atoms with Gasteiger partial charge in [0.2, 0.25) is 0 Å². The van der Waals surface area contributed by atoms with E-state index in [1.807, 2.05) is 0 Å². The van der Waals surface area contributed by atoms with Gasteiger partial charge in [-0.3, -0.25) is 4.79 Å². The molecule has 2 nitrogen and oxygen atoms in total. The summed E-state index contributed by atoms with van der Waals surface area (Å²) in [6, 6.07) is 3.52. The quantitative estimate of drug-likeness (QED) is 0.596. The van der Waals surface area contributed by atoms with E-state index >= 15 is 0 Å². The highest BCUT2D eigenvalue weighted by atomic mass is 32.1. The molecule has 3 heteroatoms. The summed E-state index contributed by atoms with van der Waals surface area (Å²) in [7, 11) is 3.48. The summed E-state index contributed by atoms with van der Waals surface area (Å²) in [5, 5.41) is 2.86. The topological polar surface area (TPSA) is 20.3 Å². The zero-order valence-corrected chi connectivity index (χ0v) is 6.73. The van der Waals surface area contributed by atoms with Crippen molar-refractivity contribution in [1.82, 2.24) is 4.90 Å². The number of hydrogen-bond acceptors (Lipinski definition) is 2. The summed E-state index contributed by atoms with van der Waals surface area (Å²) in [6.07, 6.45) is 0. The third kappa shape index (κ3) is 1.36. The molecule has 1 amide bonds. The SMILES string of the molecule is CN(C)C(=O)c1cc[c]s1. The maximum Gasteiger partial charge on any atom is 0.263 e. The predicted molar refractivity (Wildman–Crippen MR) is 41.2 cm³/mol. The zero-order valence-electron chi connectivity index (χ0n) is 5.92. The third-order valence-electron chi connectivity index (χ3n) is 1.09. The molecule has 0 saturated heterocycles. The van der Waals surface area contributed by atoms with E-state index in [1.165, 1.54) is 11.3 Å². The number of carbonyl (C=O) groups excluding carboxylic acids is 1. The Bertz CT molecular complexity index is 216. The van der Waals surface area contributed by atoms with Gasteiger partial charge in [0.1, 0.15) is 0 Å². The number of hydrogen-bond donors (Lipinski definition) is 0. The van der Waals surface area contributed by atoms with Crippen LogP contribution in [0.15, 0.2) is 12.1 Å². The first-order chi connectivity index (χ1) is 4.72. The van der Waals surface area contributed by atoms with Crippen LogP contribution >= 0.6 is 11.3 Å². The minimum Gasteiger partial charge on any atom is -0.344 e. The number of nitrogens with zero attached hydrogens (tertiary/aromatic N) is 1. The normalized spacial score (nSPS) is 9.40. The van der Waals surface area contributed by atoms with Crippen molar-refractivity contribution >= 4 is 17.2 Å². The first-order valence-corrected chi connectivity index (χ1v) is 3.71. The van der Waals surface area contributed by atoms with Crippen molar-refractivity contribution in [2.45, 2.75) is 0 Å². The first kappa shape index (κ1) is 7.28. The van der Waals surface area contributed by atoms with Gasteiger partial charge in [0.15, 0.2) is 0 Å². The Labute approximate surface area is 64.1 Å². The molecule has 1 radical (unpaired) electrons. The van der Waals surface area contributed by atoms with Gasteiger partial charge in [-0.15, -0.1) is 11.3 Å². The molecule has 1 heterocycles. The molecule has 0 unspecified atom stereocenters. The predicted octanol–water partition coefficient (Wildman–Crippen LogP) is 1.25. The molecule has 10 heavy (non-hydrogen) atoms. The van der Waals surface area contributed by atoms with Crippen LogP contribution in [0, 0.1) is 5.38 Å². The lowest BCUT2D eigenvalue weighted by molar-refractivity contribution is 0.0832. The van der Waals surface area contributed by atoms with Gasteiger partial charge >= 0.3 is 0 Å². The van der Waals surface area contributed by atoms with Gasteiger partial charge in [0.05, 0.1) is 4.88 Å². The number of rotatable bonds is 1. The molecule has 1 aromatic rings. The summed E-state index contributed by atoms with van der Waals surface area (Å²) in [6.45, 7) is 0. The number of carbonyl (C=O) groups is 1. The molecule has 0 saturated carbocycles. The summed E-state index contributed by atoms with van der Waals surface area (Å²) >= 11 is 1.34. The lowest BCUT2D eigenvalue weighted by Crippen LogP contribution is -2.20. The monoisotopic (exact) mass is 154 g/mol. The molecule has 0 N–H and O–H groups in total. The van der Waals surface area contributed by atoms with E-state index in [2.05, 4.69) is 5.38 Å². The second kappa shape index (κ2) is 2.84. The molecule has 1 aromatic heterocycles. The van der Waals surface area contributed by atoms with Crippen molar-refractivity contribution in [2.24, 2.45) is 0 Å². The maximum atomic E-state index is 11.1. The zero-order chi connectivity index (χ0) is 7.56. The minimum absolute atomic E-state index is 0.0475. The van der Waals surface area contributed by atoms with Gasteiger partial charge < -0.3 is 4.90 Å². The molecule has 0 bridgehead atoms. The Balaban J connectivity index is 2.78. The van der Waals surface area contributed by atoms with Crippen molar-refractivity contribution in [2.75, 3.05) is 14.1 Å². The highest BCUT2D eigenvalue weighted by Crippen LogP contribution is 2.08. The Morgan fingerprint density at radius 1 is 1.70 bits per heavy atom. The molecular weight excluding hydrogens is 146 g/mol. The van der Waals surface area contributed by atoms with E-state index in [0.29, 0.717) is 0 Å². The molecule has 53 valence electrons. The Kier molecular flexibility index (Phi) is 2.06. The molecular formula is C7H8NOS. The fraction of sp³-hybridized carbons (Fsp3) is 0.286. The molecule has 0 spiro atoms. The van der Waals surface area contributed by atoms with E-state index in [0.717, 1.165) is 4.88 Å². The largest absolute Gasteiger partial charge is 0.344 e. The van der Waals surface area contributed by atoms with Crippen LogP contribution in [0.2, 0.25) is 0 Å². The summed E-state index contributed by atoms with van der Waals surface area (Å²) in [5.41, 5.74) is 0. The highest BCUT2D eigenvalue weighted by molar-refractivity contribution is 7.11. The van der Waals surface area contributed by atoms with Crippen molar-refractivity contribution < 1.29 is 4.79 Å². The van der Waals surface area contributed by atoms with Gasteiger partial charge in [0, 0.05) is 19.5 Å². The number of thiophene rings is 1. The van der Waals surface area contributed by atoms with E-state index in [9.17, 15) is 4.79 Å². The van der Waals surface area contributed by atoms with E-state index in [-0.39, 0.29) is 5.91 Å². The van der Waals surface area contributed by atoms with Crippen LogP contribution in [0.4, 0.5) is 0 Å². The van der Waals surface area contributed by atoms with Crippen LogP contribution in [0.3, 0.4) is 0 Å². The third-order valence-corrected chi connectivity index (χ3v) is 1.87. The van der Waals surface area contributed by atoms with Crippen LogP contribution in [0.5, 0.6) is 0 Å². The summed E-state index contributed by atoms with van der Waals surface area (Å²) in [5.74, 6) is 0.0475. The molecule has 0 aromatic carbocycles. The van der Waals surface area contributed by atoms with Crippen LogP contribution < -0.4 is 0 Å². The van der Waals surface area contributed by atoms with E-state index < -0.39 is 0 Å². The number of amides is 1. The van der Waals surface area contributed by atoms with Crippen molar-refractivity contribution in [3.63, 3.8) is 0 Å². The summed E-state index contributed by atoms with van der Waals surface area (Å²) < 4.78 is 0. The molecule has 0 aliphatic heterocycles. The minimum atomic E-state index is 0.0475. The van der Waals surface area contributed by atoms with Gasteiger partial charge in [-0.1, -0.05) is 0 Å².